The number of hydrogen-bond donors (Lipinski definition) is 0. The zero-order valence-corrected chi connectivity index (χ0v) is 19.5. The fourth-order valence-corrected chi connectivity index (χ4v) is 5.75. The van der Waals surface area contributed by atoms with E-state index in [1.54, 1.807) is 7.11 Å². The van der Waals surface area contributed by atoms with E-state index in [1.807, 2.05) is 12.1 Å². The van der Waals surface area contributed by atoms with Crippen LogP contribution in [0.2, 0.25) is 0 Å². The van der Waals surface area contributed by atoms with Crippen molar-refractivity contribution in [3.63, 3.8) is 0 Å². The predicted octanol–water partition coefficient (Wildman–Crippen LogP) is 4.93. The number of nitrogens with zero attached hydrogens (tertiary/aromatic N) is 2. The molecule has 4 nitrogen and oxygen atoms in total. The topological polar surface area (TPSA) is 24.9 Å². The van der Waals surface area contributed by atoms with Crippen molar-refractivity contribution in [2.24, 2.45) is 17.8 Å². The van der Waals surface area contributed by atoms with Crippen LogP contribution in [0.4, 0.5) is 0 Å². The molecule has 0 spiro atoms. The number of hydrogen-bond acceptors (Lipinski definition) is 4. The maximum absolute atomic E-state index is 6.06. The normalized spacial score (nSPS) is 25.6. The van der Waals surface area contributed by atoms with Gasteiger partial charge in [0.05, 0.1) is 13.7 Å². The van der Waals surface area contributed by atoms with Crippen molar-refractivity contribution in [1.29, 1.82) is 0 Å². The Labute approximate surface area is 193 Å². The summed E-state index contributed by atoms with van der Waals surface area (Å²) in [5.74, 6) is 3.46. The Bertz CT molecular complexity index is 833. The summed E-state index contributed by atoms with van der Waals surface area (Å²) in [6, 6.07) is 17.3. The molecule has 3 fully saturated rings. The quantitative estimate of drug-likeness (QED) is 0.495. The Morgan fingerprint density at radius 1 is 0.812 bits per heavy atom. The number of ether oxygens (including phenoxy) is 2. The lowest BCUT2D eigenvalue weighted by atomic mass is 10.0. The van der Waals surface area contributed by atoms with Crippen LogP contribution < -0.4 is 4.74 Å². The van der Waals surface area contributed by atoms with Gasteiger partial charge in [0.2, 0.25) is 0 Å². The molecular formula is C28H38N2O2. The SMILES string of the molecule is COc1ccc(-c2ccc(CN3C[C@@H]4[C@H](COCCCN5CCCCC5)[C@@H]4C3)cc2)cc1. The number of methoxy groups -OCH3 is 1. The molecule has 2 aromatic rings. The summed E-state index contributed by atoms with van der Waals surface area (Å²) in [7, 11) is 1.71. The van der Waals surface area contributed by atoms with Crippen molar-refractivity contribution in [3.8, 4) is 16.9 Å². The highest BCUT2D eigenvalue weighted by molar-refractivity contribution is 5.64. The van der Waals surface area contributed by atoms with Gasteiger partial charge in [-0.1, -0.05) is 42.8 Å². The number of fused-ring (bicyclic) bond motifs is 1. The Morgan fingerprint density at radius 3 is 2.12 bits per heavy atom. The summed E-state index contributed by atoms with van der Waals surface area (Å²) in [5, 5.41) is 0. The van der Waals surface area contributed by atoms with E-state index in [-0.39, 0.29) is 0 Å². The molecule has 4 heteroatoms. The highest BCUT2D eigenvalue weighted by Crippen LogP contribution is 2.52. The molecule has 2 aromatic carbocycles. The van der Waals surface area contributed by atoms with Gasteiger partial charge in [0.15, 0.2) is 0 Å². The van der Waals surface area contributed by atoms with Gasteiger partial charge in [0.25, 0.3) is 0 Å². The standard InChI is InChI=1S/C28H38N2O2/c1-31-25-12-10-24(11-13-25)23-8-6-22(7-9-23)18-30-19-26-27(20-30)28(26)21-32-17-5-16-29-14-3-2-4-15-29/h6-13,26-28H,2-5,14-21H2,1H3/t26-,27+,28-. The fraction of sp³-hybridized carbons (Fsp3) is 0.571. The van der Waals surface area contributed by atoms with E-state index in [0.717, 1.165) is 43.3 Å². The zero-order chi connectivity index (χ0) is 21.8. The van der Waals surface area contributed by atoms with E-state index in [1.165, 1.54) is 75.1 Å². The van der Waals surface area contributed by atoms with Crippen molar-refractivity contribution in [1.82, 2.24) is 9.80 Å². The molecular weight excluding hydrogens is 396 g/mol. The first-order valence-corrected chi connectivity index (χ1v) is 12.6. The van der Waals surface area contributed by atoms with Gasteiger partial charge >= 0.3 is 0 Å². The van der Waals surface area contributed by atoms with Crippen LogP contribution in [0.15, 0.2) is 48.5 Å². The molecule has 0 aromatic heterocycles. The van der Waals surface area contributed by atoms with Gasteiger partial charge in [0.1, 0.15) is 5.75 Å². The highest BCUT2D eigenvalue weighted by atomic mass is 16.5. The first-order valence-electron chi connectivity index (χ1n) is 12.6. The maximum Gasteiger partial charge on any atom is 0.118 e. The van der Waals surface area contributed by atoms with Crippen LogP contribution in [-0.4, -0.2) is 62.8 Å². The molecule has 3 atom stereocenters. The molecule has 5 rings (SSSR count). The third-order valence-electron chi connectivity index (χ3n) is 7.75. The molecule has 0 radical (unpaired) electrons. The number of rotatable bonds is 10. The summed E-state index contributed by atoms with van der Waals surface area (Å²) in [5.41, 5.74) is 3.91. The van der Waals surface area contributed by atoms with Crippen molar-refractivity contribution in [2.45, 2.75) is 32.2 Å². The van der Waals surface area contributed by atoms with E-state index in [0.29, 0.717) is 0 Å². The van der Waals surface area contributed by atoms with Gasteiger partial charge in [0, 0.05) is 32.8 Å². The van der Waals surface area contributed by atoms with Crippen LogP contribution in [0, 0.1) is 17.8 Å². The van der Waals surface area contributed by atoms with Gasteiger partial charge in [-0.05, 0) is 78.9 Å². The van der Waals surface area contributed by atoms with Crippen LogP contribution in [0.1, 0.15) is 31.2 Å². The fourth-order valence-electron chi connectivity index (χ4n) is 5.75. The van der Waals surface area contributed by atoms with Gasteiger partial charge < -0.3 is 14.4 Å². The third kappa shape index (κ3) is 5.36. The molecule has 1 aliphatic carbocycles. The molecule has 2 saturated heterocycles. The van der Waals surface area contributed by atoms with E-state index in [2.05, 4.69) is 46.2 Å². The third-order valence-corrected chi connectivity index (χ3v) is 7.75. The minimum atomic E-state index is 0.818. The highest BCUT2D eigenvalue weighted by Gasteiger charge is 2.55. The molecule has 32 heavy (non-hydrogen) atoms. The molecule has 2 heterocycles. The molecule has 0 N–H and O–H groups in total. The largest absolute Gasteiger partial charge is 0.497 e. The Balaban J connectivity index is 0.991. The van der Waals surface area contributed by atoms with Gasteiger partial charge in [-0.25, -0.2) is 0 Å². The molecule has 172 valence electrons. The molecule has 1 saturated carbocycles. The summed E-state index contributed by atoms with van der Waals surface area (Å²) in [4.78, 5) is 5.24. The average Bonchev–Trinajstić information content (AvgIpc) is 3.30. The van der Waals surface area contributed by atoms with Crippen LogP contribution in [0.25, 0.3) is 11.1 Å². The molecule has 0 amide bonds. The molecule has 3 aliphatic rings. The van der Waals surface area contributed by atoms with E-state index in [4.69, 9.17) is 9.47 Å². The summed E-state index contributed by atoms with van der Waals surface area (Å²) in [6.07, 6.45) is 5.38. The van der Waals surface area contributed by atoms with Crippen LogP contribution in [0.5, 0.6) is 5.75 Å². The second-order valence-electron chi connectivity index (χ2n) is 9.94. The van der Waals surface area contributed by atoms with E-state index in [9.17, 15) is 0 Å². The van der Waals surface area contributed by atoms with E-state index < -0.39 is 0 Å². The monoisotopic (exact) mass is 434 g/mol. The van der Waals surface area contributed by atoms with Gasteiger partial charge in [-0.2, -0.15) is 0 Å². The van der Waals surface area contributed by atoms with Gasteiger partial charge in [-0.3, -0.25) is 4.90 Å². The maximum atomic E-state index is 6.06. The zero-order valence-electron chi connectivity index (χ0n) is 19.5. The second-order valence-corrected chi connectivity index (χ2v) is 9.94. The Morgan fingerprint density at radius 2 is 1.47 bits per heavy atom. The predicted molar refractivity (Wildman–Crippen MR) is 130 cm³/mol. The Kier molecular flexibility index (Phi) is 7.11. The van der Waals surface area contributed by atoms with Crippen LogP contribution in [0.3, 0.4) is 0 Å². The smallest absolute Gasteiger partial charge is 0.118 e. The average molecular weight is 435 g/mol. The molecule has 0 unspecified atom stereocenters. The summed E-state index contributed by atoms with van der Waals surface area (Å²) in [6.45, 7) is 9.30. The molecule has 2 aliphatic heterocycles. The lowest BCUT2D eigenvalue weighted by Gasteiger charge is -2.26. The minimum absolute atomic E-state index is 0.818. The first kappa shape index (κ1) is 21.9. The molecule has 0 bridgehead atoms. The number of benzene rings is 2. The van der Waals surface area contributed by atoms with Crippen molar-refractivity contribution >= 4 is 0 Å². The lowest BCUT2D eigenvalue weighted by molar-refractivity contribution is 0.0967. The van der Waals surface area contributed by atoms with E-state index >= 15 is 0 Å². The van der Waals surface area contributed by atoms with Gasteiger partial charge in [-0.15, -0.1) is 0 Å². The second kappa shape index (κ2) is 10.4. The van der Waals surface area contributed by atoms with Crippen molar-refractivity contribution in [2.75, 3.05) is 53.0 Å². The Hall–Kier alpha value is -1.88. The van der Waals surface area contributed by atoms with Crippen molar-refractivity contribution < 1.29 is 9.47 Å². The summed E-state index contributed by atoms with van der Waals surface area (Å²) < 4.78 is 11.3. The lowest BCUT2D eigenvalue weighted by Crippen LogP contribution is -2.31. The van der Waals surface area contributed by atoms with Crippen molar-refractivity contribution in [3.05, 3.63) is 54.1 Å². The first-order chi connectivity index (χ1) is 15.8. The van der Waals surface area contributed by atoms with Crippen LogP contribution in [-0.2, 0) is 11.3 Å². The minimum Gasteiger partial charge on any atom is -0.497 e. The number of piperidine rings is 2. The van der Waals surface area contributed by atoms with Crippen LogP contribution >= 0.6 is 0 Å². The number of likely N-dealkylation sites (tertiary alicyclic amines) is 2. The summed E-state index contributed by atoms with van der Waals surface area (Å²) >= 11 is 0.